The number of esters is 2. The summed E-state index contributed by atoms with van der Waals surface area (Å²) in [5.41, 5.74) is -1.38. The smallest absolute Gasteiger partial charge is 0.320 e. The predicted molar refractivity (Wildman–Crippen MR) is 52.1 cm³/mol. The summed E-state index contributed by atoms with van der Waals surface area (Å²) in [6, 6.07) is 0. The van der Waals surface area contributed by atoms with Crippen LogP contribution in [0.4, 0.5) is 0 Å². The van der Waals surface area contributed by atoms with Crippen LogP contribution in [0.15, 0.2) is 0 Å². The molecule has 13 heavy (non-hydrogen) atoms. The van der Waals surface area contributed by atoms with Gasteiger partial charge in [-0.1, -0.05) is 14.9 Å². The van der Waals surface area contributed by atoms with Gasteiger partial charge in [0.05, 0.1) is 10.8 Å². The lowest BCUT2D eigenvalue weighted by Gasteiger charge is -2.26. The molecule has 0 atom stereocenters. The minimum absolute atomic E-state index is 0. The van der Waals surface area contributed by atoms with Crippen molar-refractivity contribution in [2.75, 3.05) is 0 Å². The van der Waals surface area contributed by atoms with Gasteiger partial charge in [-0.15, -0.1) is 0 Å². The molecule has 1 saturated heterocycles. The van der Waals surface area contributed by atoms with Gasteiger partial charge in [0.25, 0.3) is 0 Å². The summed E-state index contributed by atoms with van der Waals surface area (Å²) in [6.45, 7) is 6.89. The number of hydrogen-bond donors (Lipinski definition) is 0. The third-order valence-electron chi connectivity index (χ3n) is 2.77. The van der Waals surface area contributed by atoms with Crippen LogP contribution in [-0.4, -0.2) is 11.9 Å². The van der Waals surface area contributed by atoms with Gasteiger partial charge in [-0.3, -0.25) is 9.59 Å². The molecule has 0 amide bonds. The first-order chi connectivity index (χ1) is 4.80. The van der Waals surface area contributed by atoms with Crippen molar-refractivity contribution >= 4 is 11.9 Å². The van der Waals surface area contributed by atoms with Crippen LogP contribution in [0.5, 0.6) is 0 Å². The zero-order valence-electron chi connectivity index (χ0n) is 7.22. The lowest BCUT2D eigenvalue weighted by atomic mass is 9.70. The van der Waals surface area contributed by atoms with E-state index in [-0.39, 0.29) is 14.9 Å². The van der Waals surface area contributed by atoms with E-state index >= 15 is 0 Å². The Morgan fingerprint density at radius 3 is 1.15 bits per heavy atom. The Bertz CT molecular complexity index is 202. The molecule has 0 saturated carbocycles. The highest BCUT2D eigenvalue weighted by molar-refractivity contribution is 6.00. The van der Waals surface area contributed by atoms with E-state index in [0.717, 1.165) is 0 Å². The number of carbonyl (C=O) groups is 2. The molecule has 1 rings (SSSR count). The van der Waals surface area contributed by atoms with E-state index in [1.54, 1.807) is 27.7 Å². The molecule has 0 aromatic heterocycles. The Hall–Kier alpha value is -0.860. The first-order valence-electron chi connectivity index (χ1n) is 3.57. The first kappa shape index (κ1) is 14.7. The maximum Gasteiger partial charge on any atom is 0.320 e. The van der Waals surface area contributed by atoms with Crippen molar-refractivity contribution in [2.45, 2.75) is 42.5 Å². The second kappa shape index (κ2) is 3.48. The SMILES string of the molecule is C.C.CC1(C)C(=O)OC(=O)C1(C)C. The Morgan fingerprint density at radius 1 is 0.846 bits per heavy atom. The summed E-state index contributed by atoms with van der Waals surface area (Å²) in [7, 11) is 0. The van der Waals surface area contributed by atoms with E-state index < -0.39 is 22.8 Å². The van der Waals surface area contributed by atoms with E-state index in [1.807, 2.05) is 0 Å². The molecule has 0 aliphatic carbocycles. The number of carbonyl (C=O) groups excluding carboxylic acids is 2. The van der Waals surface area contributed by atoms with Crippen LogP contribution in [0.3, 0.4) is 0 Å². The Balaban J connectivity index is 0. The maximum atomic E-state index is 11.1. The topological polar surface area (TPSA) is 43.4 Å². The quantitative estimate of drug-likeness (QED) is 0.433. The van der Waals surface area contributed by atoms with Crippen molar-refractivity contribution in [2.24, 2.45) is 10.8 Å². The monoisotopic (exact) mass is 188 g/mol. The van der Waals surface area contributed by atoms with Gasteiger partial charge < -0.3 is 4.74 Å². The van der Waals surface area contributed by atoms with Gasteiger partial charge in [0.1, 0.15) is 0 Å². The molecule has 1 aliphatic heterocycles. The fourth-order valence-corrected chi connectivity index (χ4v) is 0.850. The molecule has 78 valence electrons. The van der Waals surface area contributed by atoms with Crippen molar-refractivity contribution in [1.29, 1.82) is 0 Å². The van der Waals surface area contributed by atoms with Gasteiger partial charge in [0, 0.05) is 0 Å². The van der Waals surface area contributed by atoms with Crippen LogP contribution < -0.4 is 0 Å². The minimum Gasteiger partial charge on any atom is -0.392 e. The maximum absolute atomic E-state index is 11.1. The molecule has 0 spiro atoms. The van der Waals surface area contributed by atoms with Gasteiger partial charge in [0.2, 0.25) is 0 Å². The second-order valence-electron chi connectivity index (χ2n) is 3.93. The molecule has 0 N–H and O–H groups in total. The average Bonchev–Trinajstić information content (AvgIpc) is 1.95. The number of cyclic esters (lactones) is 2. The van der Waals surface area contributed by atoms with Crippen LogP contribution in [0.1, 0.15) is 42.5 Å². The molecule has 3 heteroatoms. The Labute approximate surface area is 80.5 Å². The molecule has 0 radical (unpaired) electrons. The lowest BCUT2D eigenvalue weighted by molar-refractivity contribution is -0.155. The van der Waals surface area contributed by atoms with E-state index in [4.69, 9.17) is 0 Å². The Kier molecular flexibility index (Phi) is 3.92. The largest absolute Gasteiger partial charge is 0.392 e. The van der Waals surface area contributed by atoms with Gasteiger partial charge >= 0.3 is 11.9 Å². The van der Waals surface area contributed by atoms with E-state index in [1.165, 1.54) is 0 Å². The normalized spacial score (nSPS) is 22.8. The molecule has 3 nitrogen and oxygen atoms in total. The molecule has 0 aromatic rings. The van der Waals surface area contributed by atoms with Crippen LogP contribution in [0, 0.1) is 10.8 Å². The van der Waals surface area contributed by atoms with Crippen LogP contribution in [0.2, 0.25) is 0 Å². The number of hydrogen-bond acceptors (Lipinski definition) is 3. The minimum atomic E-state index is -0.690. The average molecular weight is 188 g/mol. The summed E-state index contributed by atoms with van der Waals surface area (Å²) < 4.78 is 4.51. The Morgan fingerprint density at radius 2 is 1.08 bits per heavy atom. The second-order valence-corrected chi connectivity index (χ2v) is 3.93. The summed E-state index contributed by atoms with van der Waals surface area (Å²) >= 11 is 0. The molecule has 0 bridgehead atoms. The predicted octanol–water partition coefficient (Wildman–Crippen LogP) is 2.39. The van der Waals surface area contributed by atoms with Crippen LogP contribution in [-0.2, 0) is 14.3 Å². The highest BCUT2D eigenvalue weighted by Gasteiger charge is 2.57. The van der Waals surface area contributed by atoms with E-state index in [9.17, 15) is 9.59 Å². The molecular weight excluding hydrogens is 168 g/mol. The number of rotatable bonds is 0. The summed E-state index contributed by atoms with van der Waals surface area (Å²) in [6.07, 6.45) is 0. The summed E-state index contributed by atoms with van der Waals surface area (Å²) in [4.78, 5) is 22.2. The highest BCUT2D eigenvalue weighted by atomic mass is 16.6. The van der Waals surface area contributed by atoms with Gasteiger partial charge in [0.15, 0.2) is 0 Å². The van der Waals surface area contributed by atoms with Crippen molar-refractivity contribution in [3.63, 3.8) is 0 Å². The van der Waals surface area contributed by atoms with Gasteiger partial charge in [-0.2, -0.15) is 0 Å². The molecule has 1 heterocycles. The zero-order valence-corrected chi connectivity index (χ0v) is 7.22. The lowest BCUT2D eigenvalue weighted by Crippen LogP contribution is -2.35. The van der Waals surface area contributed by atoms with Crippen molar-refractivity contribution in [3.8, 4) is 0 Å². The van der Waals surface area contributed by atoms with Gasteiger partial charge in [-0.05, 0) is 27.7 Å². The van der Waals surface area contributed by atoms with Crippen molar-refractivity contribution in [1.82, 2.24) is 0 Å². The third-order valence-corrected chi connectivity index (χ3v) is 2.77. The third kappa shape index (κ3) is 1.60. The summed E-state index contributed by atoms with van der Waals surface area (Å²) in [5.74, 6) is -0.847. The molecule has 1 aliphatic rings. The zero-order chi connectivity index (χ0) is 8.86. The molecule has 0 aromatic carbocycles. The first-order valence-corrected chi connectivity index (χ1v) is 3.57. The molecule has 1 fully saturated rings. The molecule has 0 unspecified atom stereocenters. The fourth-order valence-electron chi connectivity index (χ4n) is 0.850. The van der Waals surface area contributed by atoms with E-state index in [2.05, 4.69) is 4.74 Å². The van der Waals surface area contributed by atoms with Crippen molar-refractivity contribution in [3.05, 3.63) is 0 Å². The fraction of sp³-hybridized carbons (Fsp3) is 0.800. The van der Waals surface area contributed by atoms with Gasteiger partial charge in [-0.25, -0.2) is 0 Å². The summed E-state index contributed by atoms with van der Waals surface area (Å²) in [5, 5.41) is 0. The molecular formula is C10H20O3. The highest BCUT2D eigenvalue weighted by Crippen LogP contribution is 2.45. The van der Waals surface area contributed by atoms with E-state index in [0.29, 0.717) is 0 Å². The standard InChI is InChI=1S/C8H12O3.2CH4/c1-7(2)5(9)11-6(10)8(7,3)4;;/h1-4H3;2*1H4. The van der Waals surface area contributed by atoms with Crippen LogP contribution in [0.25, 0.3) is 0 Å². The van der Waals surface area contributed by atoms with Crippen LogP contribution >= 0.6 is 0 Å². The number of ether oxygens (including phenoxy) is 1. The van der Waals surface area contributed by atoms with Crippen molar-refractivity contribution < 1.29 is 14.3 Å².